The summed E-state index contributed by atoms with van der Waals surface area (Å²) in [5, 5.41) is 0. The molecule has 0 aliphatic carbocycles. The van der Waals surface area contributed by atoms with Gasteiger partial charge in [0.25, 0.3) is 0 Å². The van der Waals surface area contributed by atoms with Crippen LogP contribution in [0.3, 0.4) is 0 Å². The van der Waals surface area contributed by atoms with Gasteiger partial charge in [0.05, 0.1) is 0 Å². The van der Waals surface area contributed by atoms with Gasteiger partial charge in [0.15, 0.2) is 0 Å². The fraction of sp³-hybridized carbons (Fsp3) is 0.652. The minimum Gasteiger partial charge on any atom is -0.342 e. The maximum Gasteiger partial charge on any atom is 0.239 e. The van der Waals surface area contributed by atoms with E-state index in [9.17, 15) is 9.59 Å². The normalized spacial score (nSPS) is 26.9. The Balaban J connectivity index is 1.34. The molecule has 1 aromatic rings. The quantitative estimate of drug-likeness (QED) is 0.640. The van der Waals surface area contributed by atoms with Gasteiger partial charge in [-0.2, -0.15) is 0 Å². The van der Waals surface area contributed by atoms with Gasteiger partial charge in [-0.1, -0.05) is 28.9 Å². The number of carbonyl (C=O) groups excluding carboxylic acids is 2. The minimum atomic E-state index is -0.511. The number of piperidine rings is 2. The van der Waals surface area contributed by atoms with E-state index in [0.717, 1.165) is 42.1 Å². The third-order valence-corrected chi connectivity index (χ3v) is 7.34. The van der Waals surface area contributed by atoms with Crippen LogP contribution in [-0.4, -0.2) is 60.9 Å². The van der Waals surface area contributed by atoms with E-state index >= 15 is 0 Å². The van der Waals surface area contributed by atoms with Crippen LogP contribution < -0.4 is 4.90 Å². The van der Waals surface area contributed by atoms with Crippen molar-refractivity contribution in [3.8, 4) is 0 Å². The number of halogens is 1. The molecule has 3 heterocycles. The van der Waals surface area contributed by atoms with Gasteiger partial charge in [0.2, 0.25) is 11.8 Å². The van der Waals surface area contributed by atoms with Crippen LogP contribution in [0, 0.1) is 17.8 Å². The molecule has 6 heteroatoms. The van der Waals surface area contributed by atoms with Gasteiger partial charge in [-0.3, -0.25) is 9.59 Å². The zero-order valence-electron chi connectivity index (χ0n) is 17.4. The first-order valence-corrected chi connectivity index (χ1v) is 11.9. The summed E-state index contributed by atoms with van der Waals surface area (Å²) < 4.78 is 0.948. The van der Waals surface area contributed by atoms with Gasteiger partial charge in [-0.05, 0) is 75.2 Å². The molecule has 3 fully saturated rings. The van der Waals surface area contributed by atoms with Crippen molar-refractivity contribution < 1.29 is 9.59 Å². The second-order valence-electron chi connectivity index (χ2n) is 9.09. The Bertz CT molecular complexity index is 747. The van der Waals surface area contributed by atoms with Gasteiger partial charge in [0.1, 0.15) is 5.92 Å². The number of amides is 2. The van der Waals surface area contributed by atoms with E-state index in [1.54, 1.807) is 4.90 Å². The van der Waals surface area contributed by atoms with E-state index in [1.807, 2.05) is 29.2 Å². The van der Waals surface area contributed by atoms with Crippen LogP contribution in [0.5, 0.6) is 0 Å². The van der Waals surface area contributed by atoms with Crippen LogP contribution >= 0.6 is 15.9 Å². The molecular weight excluding hydrogens is 430 g/mol. The van der Waals surface area contributed by atoms with Crippen molar-refractivity contribution >= 4 is 33.4 Å². The zero-order valence-corrected chi connectivity index (χ0v) is 18.9. The first-order chi connectivity index (χ1) is 14.0. The summed E-state index contributed by atoms with van der Waals surface area (Å²) in [5.74, 6) is 0.879. The highest BCUT2D eigenvalue weighted by Gasteiger charge is 2.40. The molecule has 0 N–H and O–H groups in total. The topological polar surface area (TPSA) is 43.9 Å². The molecule has 2 amide bonds. The van der Waals surface area contributed by atoms with Crippen LogP contribution in [0.15, 0.2) is 28.7 Å². The van der Waals surface area contributed by atoms with Gasteiger partial charge in [-0.15, -0.1) is 0 Å². The number of nitrogens with zero attached hydrogens (tertiary/aromatic N) is 3. The van der Waals surface area contributed by atoms with Crippen LogP contribution in [0.2, 0.25) is 0 Å². The van der Waals surface area contributed by atoms with Crippen molar-refractivity contribution in [1.29, 1.82) is 0 Å². The molecular formula is C23H32BrN3O2. The summed E-state index contributed by atoms with van der Waals surface area (Å²) in [4.78, 5) is 32.5. The lowest BCUT2D eigenvalue weighted by Gasteiger charge is -2.38. The van der Waals surface area contributed by atoms with E-state index in [4.69, 9.17) is 0 Å². The van der Waals surface area contributed by atoms with E-state index in [-0.39, 0.29) is 11.8 Å². The predicted octanol–water partition coefficient (Wildman–Crippen LogP) is 3.77. The zero-order chi connectivity index (χ0) is 20.4. The maximum absolute atomic E-state index is 13.2. The molecule has 0 saturated carbocycles. The molecule has 1 aromatic carbocycles. The van der Waals surface area contributed by atoms with E-state index in [0.29, 0.717) is 18.9 Å². The molecule has 0 spiro atoms. The van der Waals surface area contributed by atoms with Crippen molar-refractivity contribution in [3.05, 3.63) is 28.7 Å². The van der Waals surface area contributed by atoms with Gasteiger partial charge < -0.3 is 14.7 Å². The summed E-state index contributed by atoms with van der Waals surface area (Å²) in [6.45, 7) is 8.05. The molecule has 3 aliphatic heterocycles. The lowest BCUT2D eigenvalue weighted by molar-refractivity contribution is -0.141. The van der Waals surface area contributed by atoms with Crippen molar-refractivity contribution in [1.82, 2.24) is 9.80 Å². The molecule has 3 aliphatic rings. The second kappa shape index (κ2) is 9.17. The minimum absolute atomic E-state index is 0.0414. The van der Waals surface area contributed by atoms with Gasteiger partial charge in [-0.25, -0.2) is 0 Å². The molecule has 0 radical (unpaired) electrons. The molecule has 0 bridgehead atoms. The largest absolute Gasteiger partial charge is 0.342 e. The fourth-order valence-corrected chi connectivity index (χ4v) is 5.44. The third-order valence-electron chi connectivity index (χ3n) is 6.85. The maximum atomic E-state index is 13.2. The highest BCUT2D eigenvalue weighted by molar-refractivity contribution is 9.10. The molecule has 2 atom stereocenters. The standard InChI is InChI=1S/C23H32BrN3O2/c1-17-7-11-25(12-8-17)15-18-4-3-10-26(16-18)22(28)21-9-13-27(23(21)29)20-6-2-5-19(24)14-20/h2,5-6,14,17-18,21H,3-4,7-13,15-16H2,1H3. The number of anilines is 1. The number of carbonyl (C=O) groups is 2. The summed E-state index contributed by atoms with van der Waals surface area (Å²) in [6.07, 6.45) is 5.44. The molecule has 5 nitrogen and oxygen atoms in total. The van der Waals surface area contributed by atoms with Crippen LogP contribution in [0.4, 0.5) is 5.69 Å². The number of hydrogen-bond donors (Lipinski definition) is 0. The lowest BCUT2D eigenvalue weighted by atomic mass is 9.93. The highest BCUT2D eigenvalue weighted by atomic mass is 79.9. The smallest absolute Gasteiger partial charge is 0.239 e. The molecule has 158 valence electrons. The van der Waals surface area contributed by atoms with Crippen LogP contribution in [0.25, 0.3) is 0 Å². The van der Waals surface area contributed by atoms with E-state index in [2.05, 4.69) is 27.8 Å². The average molecular weight is 462 g/mol. The van der Waals surface area contributed by atoms with Gasteiger partial charge >= 0.3 is 0 Å². The Hall–Kier alpha value is -1.40. The number of likely N-dealkylation sites (tertiary alicyclic amines) is 2. The first kappa shape index (κ1) is 20.9. The fourth-order valence-electron chi connectivity index (χ4n) is 5.05. The molecule has 29 heavy (non-hydrogen) atoms. The average Bonchev–Trinajstić information content (AvgIpc) is 3.11. The monoisotopic (exact) mass is 461 g/mol. The Kier molecular flexibility index (Phi) is 6.60. The van der Waals surface area contributed by atoms with E-state index < -0.39 is 5.92 Å². The summed E-state index contributed by atoms with van der Waals surface area (Å²) in [5.41, 5.74) is 0.871. The van der Waals surface area contributed by atoms with Crippen molar-refractivity contribution in [2.45, 2.75) is 39.0 Å². The number of rotatable bonds is 4. The molecule has 3 saturated heterocycles. The summed E-state index contributed by atoms with van der Waals surface area (Å²) in [6, 6.07) is 7.76. The number of hydrogen-bond acceptors (Lipinski definition) is 3. The van der Waals surface area contributed by atoms with Crippen molar-refractivity contribution in [3.63, 3.8) is 0 Å². The third kappa shape index (κ3) is 4.85. The van der Waals surface area contributed by atoms with Gasteiger partial charge in [0, 0.05) is 36.3 Å². The molecule has 0 aromatic heterocycles. The Labute approximate surface area is 182 Å². The predicted molar refractivity (Wildman–Crippen MR) is 119 cm³/mol. The first-order valence-electron chi connectivity index (χ1n) is 11.1. The Morgan fingerprint density at radius 2 is 1.90 bits per heavy atom. The Morgan fingerprint density at radius 1 is 1.10 bits per heavy atom. The molecule has 2 unspecified atom stereocenters. The van der Waals surface area contributed by atoms with E-state index in [1.165, 1.54) is 32.4 Å². The van der Waals surface area contributed by atoms with Crippen molar-refractivity contribution in [2.75, 3.05) is 44.2 Å². The Morgan fingerprint density at radius 3 is 2.66 bits per heavy atom. The number of benzene rings is 1. The molecule has 4 rings (SSSR count). The van der Waals surface area contributed by atoms with Crippen LogP contribution in [-0.2, 0) is 9.59 Å². The van der Waals surface area contributed by atoms with Crippen molar-refractivity contribution in [2.24, 2.45) is 17.8 Å². The lowest BCUT2D eigenvalue weighted by Crippen LogP contribution is -2.48. The highest BCUT2D eigenvalue weighted by Crippen LogP contribution is 2.30. The van der Waals surface area contributed by atoms with Crippen LogP contribution in [0.1, 0.15) is 39.0 Å². The summed E-state index contributed by atoms with van der Waals surface area (Å²) >= 11 is 3.47. The summed E-state index contributed by atoms with van der Waals surface area (Å²) in [7, 11) is 0. The second-order valence-corrected chi connectivity index (χ2v) is 10.0. The SMILES string of the molecule is CC1CCN(CC2CCCN(C(=O)C3CCN(c4cccc(Br)c4)C3=O)C2)CC1.